The van der Waals surface area contributed by atoms with Crippen LogP contribution >= 0.6 is 15.9 Å². The number of hydrogen-bond donors (Lipinski definition) is 1. The van der Waals surface area contributed by atoms with Crippen LogP contribution in [0.25, 0.3) is 0 Å². The summed E-state index contributed by atoms with van der Waals surface area (Å²) in [6, 6.07) is 19.4. The SMILES string of the molecule is NCC1(c2cccc(Br)c2)CC(c2ccccc2)C1. The number of hydrogen-bond acceptors (Lipinski definition) is 1. The Morgan fingerprint density at radius 2 is 1.79 bits per heavy atom. The van der Waals surface area contributed by atoms with Crippen LogP contribution < -0.4 is 5.73 Å². The van der Waals surface area contributed by atoms with Gasteiger partial charge in [-0.3, -0.25) is 0 Å². The van der Waals surface area contributed by atoms with Gasteiger partial charge in [0.05, 0.1) is 0 Å². The van der Waals surface area contributed by atoms with Crippen LogP contribution in [-0.4, -0.2) is 6.54 Å². The van der Waals surface area contributed by atoms with Gasteiger partial charge in [0.15, 0.2) is 0 Å². The second kappa shape index (κ2) is 5.10. The second-order valence-electron chi connectivity index (χ2n) is 5.51. The number of nitrogens with two attached hydrogens (primary N) is 1. The van der Waals surface area contributed by atoms with E-state index in [-0.39, 0.29) is 5.41 Å². The van der Waals surface area contributed by atoms with Crippen molar-refractivity contribution in [2.24, 2.45) is 5.73 Å². The topological polar surface area (TPSA) is 26.0 Å². The Balaban J connectivity index is 1.82. The lowest BCUT2D eigenvalue weighted by atomic mass is 9.57. The Labute approximate surface area is 123 Å². The molecule has 1 aliphatic rings. The Kier molecular flexibility index (Phi) is 3.46. The molecular formula is C17H18BrN. The minimum absolute atomic E-state index is 0.171. The highest BCUT2D eigenvalue weighted by atomic mass is 79.9. The van der Waals surface area contributed by atoms with Crippen molar-refractivity contribution in [1.82, 2.24) is 0 Å². The van der Waals surface area contributed by atoms with Gasteiger partial charge < -0.3 is 5.73 Å². The summed E-state index contributed by atoms with van der Waals surface area (Å²) in [5, 5.41) is 0. The molecule has 0 aromatic heterocycles. The zero-order valence-electron chi connectivity index (χ0n) is 10.9. The Morgan fingerprint density at radius 3 is 2.42 bits per heavy atom. The molecule has 0 bridgehead atoms. The zero-order chi connectivity index (χ0) is 13.3. The van der Waals surface area contributed by atoms with Gasteiger partial charge in [-0.25, -0.2) is 0 Å². The predicted octanol–water partition coefficient (Wildman–Crippen LogP) is 4.22. The number of halogens is 1. The van der Waals surface area contributed by atoms with Crippen molar-refractivity contribution >= 4 is 15.9 Å². The molecule has 2 N–H and O–H groups in total. The van der Waals surface area contributed by atoms with E-state index in [1.165, 1.54) is 11.1 Å². The van der Waals surface area contributed by atoms with Crippen LogP contribution in [0.4, 0.5) is 0 Å². The molecule has 1 saturated carbocycles. The van der Waals surface area contributed by atoms with Crippen molar-refractivity contribution in [3.8, 4) is 0 Å². The van der Waals surface area contributed by atoms with E-state index in [9.17, 15) is 0 Å². The molecule has 2 aromatic carbocycles. The fraction of sp³-hybridized carbons (Fsp3) is 0.294. The highest BCUT2D eigenvalue weighted by molar-refractivity contribution is 9.10. The van der Waals surface area contributed by atoms with Gasteiger partial charge >= 0.3 is 0 Å². The molecule has 19 heavy (non-hydrogen) atoms. The van der Waals surface area contributed by atoms with Crippen LogP contribution in [0.3, 0.4) is 0 Å². The summed E-state index contributed by atoms with van der Waals surface area (Å²) in [7, 11) is 0. The summed E-state index contributed by atoms with van der Waals surface area (Å²) in [6.07, 6.45) is 2.31. The highest BCUT2D eigenvalue weighted by Crippen LogP contribution is 2.52. The van der Waals surface area contributed by atoms with Crippen LogP contribution in [0.15, 0.2) is 59.1 Å². The molecule has 1 fully saturated rings. The maximum absolute atomic E-state index is 6.08. The molecular weight excluding hydrogens is 298 g/mol. The molecule has 0 radical (unpaired) electrons. The van der Waals surface area contributed by atoms with Crippen LogP contribution in [-0.2, 0) is 5.41 Å². The minimum Gasteiger partial charge on any atom is -0.330 e. The van der Waals surface area contributed by atoms with Gasteiger partial charge in [0, 0.05) is 16.4 Å². The lowest BCUT2D eigenvalue weighted by Crippen LogP contribution is -2.46. The number of benzene rings is 2. The summed E-state index contributed by atoms with van der Waals surface area (Å²) in [4.78, 5) is 0. The highest BCUT2D eigenvalue weighted by Gasteiger charge is 2.44. The molecule has 0 heterocycles. The van der Waals surface area contributed by atoms with E-state index in [1.807, 2.05) is 0 Å². The summed E-state index contributed by atoms with van der Waals surface area (Å²) < 4.78 is 1.14. The van der Waals surface area contributed by atoms with Crippen LogP contribution in [0.5, 0.6) is 0 Å². The van der Waals surface area contributed by atoms with E-state index < -0.39 is 0 Å². The second-order valence-corrected chi connectivity index (χ2v) is 6.43. The van der Waals surface area contributed by atoms with E-state index >= 15 is 0 Å². The molecule has 1 aliphatic carbocycles. The Morgan fingerprint density at radius 1 is 1.05 bits per heavy atom. The van der Waals surface area contributed by atoms with Crippen LogP contribution in [0.2, 0.25) is 0 Å². The van der Waals surface area contributed by atoms with Crippen LogP contribution in [0.1, 0.15) is 29.9 Å². The van der Waals surface area contributed by atoms with E-state index in [0.717, 1.165) is 23.9 Å². The predicted molar refractivity (Wildman–Crippen MR) is 83.3 cm³/mol. The standard InChI is InChI=1S/C17H18BrN/c18-16-8-4-7-15(9-16)17(12-19)10-14(11-17)13-5-2-1-3-6-13/h1-9,14H,10-12,19H2. The third kappa shape index (κ3) is 2.35. The first-order chi connectivity index (χ1) is 9.23. The zero-order valence-corrected chi connectivity index (χ0v) is 12.4. The van der Waals surface area contributed by atoms with E-state index in [2.05, 4.69) is 70.5 Å². The first-order valence-corrected chi connectivity index (χ1v) is 7.54. The third-order valence-corrected chi connectivity index (χ3v) is 4.87. The summed E-state index contributed by atoms with van der Waals surface area (Å²) in [5.41, 5.74) is 9.06. The average molecular weight is 316 g/mol. The van der Waals surface area contributed by atoms with Crippen molar-refractivity contribution < 1.29 is 0 Å². The first kappa shape index (κ1) is 12.9. The molecule has 0 amide bonds. The number of rotatable bonds is 3. The lowest BCUT2D eigenvalue weighted by molar-refractivity contribution is 0.209. The van der Waals surface area contributed by atoms with Crippen molar-refractivity contribution in [3.63, 3.8) is 0 Å². The minimum atomic E-state index is 0.171. The fourth-order valence-corrected chi connectivity index (χ4v) is 3.58. The van der Waals surface area contributed by atoms with Crippen LogP contribution in [0, 0.1) is 0 Å². The van der Waals surface area contributed by atoms with Gasteiger partial charge in [0.2, 0.25) is 0 Å². The molecule has 0 unspecified atom stereocenters. The lowest BCUT2D eigenvalue weighted by Gasteiger charge is -2.48. The molecule has 0 saturated heterocycles. The molecule has 0 atom stereocenters. The Hall–Kier alpha value is -1.12. The average Bonchev–Trinajstić information content (AvgIpc) is 2.40. The molecule has 2 heteroatoms. The van der Waals surface area contributed by atoms with E-state index in [1.54, 1.807) is 0 Å². The summed E-state index contributed by atoms with van der Waals surface area (Å²) in [5.74, 6) is 0.656. The summed E-state index contributed by atoms with van der Waals surface area (Å²) >= 11 is 3.56. The van der Waals surface area contributed by atoms with Gasteiger partial charge in [-0.15, -0.1) is 0 Å². The van der Waals surface area contributed by atoms with Crippen molar-refractivity contribution in [1.29, 1.82) is 0 Å². The maximum Gasteiger partial charge on any atom is 0.0178 e. The van der Waals surface area contributed by atoms with E-state index in [0.29, 0.717) is 5.92 Å². The fourth-order valence-electron chi connectivity index (χ4n) is 3.18. The maximum atomic E-state index is 6.08. The van der Waals surface area contributed by atoms with Gasteiger partial charge in [0.1, 0.15) is 0 Å². The largest absolute Gasteiger partial charge is 0.330 e. The quantitative estimate of drug-likeness (QED) is 0.901. The van der Waals surface area contributed by atoms with E-state index in [4.69, 9.17) is 5.73 Å². The monoisotopic (exact) mass is 315 g/mol. The Bertz CT molecular complexity index is 558. The van der Waals surface area contributed by atoms with Gasteiger partial charge in [-0.05, 0) is 42.0 Å². The molecule has 0 aliphatic heterocycles. The molecule has 2 aromatic rings. The third-order valence-electron chi connectivity index (χ3n) is 4.37. The summed E-state index contributed by atoms with van der Waals surface area (Å²) in [6.45, 7) is 0.729. The first-order valence-electron chi connectivity index (χ1n) is 6.75. The normalized spacial score (nSPS) is 25.9. The van der Waals surface area contributed by atoms with Crippen molar-refractivity contribution in [3.05, 3.63) is 70.2 Å². The van der Waals surface area contributed by atoms with Gasteiger partial charge in [-0.2, -0.15) is 0 Å². The van der Waals surface area contributed by atoms with Gasteiger partial charge in [-0.1, -0.05) is 58.4 Å². The molecule has 98 valence electrons. The molecule has 1 nitrogen and oxygen atoms in total. The van der Waals surface area contributed by atoms with Gasteiger partial charge in [0.25, 0.3) is 0 Å². The molecule has 0 spiro atoms. The van der Waals surface area contributed by atoms with Crippen molar-refractivity contribution in [2.45, 2.75) is 24.2 Å². The molecule has 3 rings (SSSR count). The smallest absolute Gasteiger partial charge is 0.0178 e. The van der Waals surface area contributed by atoms with Crippen molar-refractivity contribution in [2.75, 3.05) is 6.54 Å².